The molecule has 128 valence electrons. The second-order valence-corrected chi connectivity index (χ2v) is 7.82. The molecule has 5 nitrogen and oxygen atoms in total. The maximum absolute atomic E-state index is 12.2. The minimum Gasteiger partial charge on any atom is -0.444 e. The quantitative estimate of drug-likeness (QED) is 0.770. The Kier molecular flexibility index (Phi) is 5.89. The summed E-state index contributed by atoms with van der Waals surface area (Å²) in [7, 11) is 0. The predicted octanol–water partition coefficient (Wildman–Crippen LogP) is 4.35. The highest BCUT2D eigenvalue weighted by Crippen LogP contribution is 2.21. The number of aromatic nitrogens is 1. The van der Waals surface area contributed by atoms with Gasteiger partial charge in [-0.1, -0.05) is 0 Å². The molecule has 2 heterocycles. The van der Waals surface area contributed by atoms with E-state index < -0.39 is 5.60 Å². The van der Waals surface area contributed by atoms with Crippen LogP contribution in [0, 0.1) is 6.92 Å². The first-order chi connectivity index (χ1) is 10.7. The highest BCUT2D eigenvalue weighted by atomic mass is 79.9. The first kappa shape index (κ1) is 18.0. The Morgan fingerprint density at radius 2 is 2.13 bits per heavy atom. The van der Waals surface area contributed by atoms with Crippen LogP contribution in [0.4, 0.5) is 10.5 Å². The molecule has 0 saturated carbocycles. The molecule has 0 aliphatic carbocycles. The molecule has 1 amide bonds. The number of carbonyl (C=O) groups is 1. The zero-order valence-electron chi connectivity index (χ0n) is 14.4. The topological polar surface area (TPSA) is 54.5 Å². The van der Waals surface area contributed by atoms with Crippen LogP contribution in [0.25, 0.3) is 0 Å². The summed E-state index contributed by atoms with van der Waals surface area (Å²) in [6, 6.07) is 2.44. The van der Waals surface area contributed by atoms with Crippen LogP contribution in [0.1, 0.15) is 45.6 Å². The van der Waals surface area contributed by atoms with Crippen molar-refractivity contribution in [3.05, 3.63) is 22.4 Å². The molecule has 6 heteroatoms. The number of ether oxygens (including phenoxy) is 1. The molecular formula is C17H26BrN3O2. The Bertz CT molecular complexity index is 557. The molecule has 23 heavy (non-hydrogen) atoms. The van der Waals surface area contributed by atoms with E-state index in [4.69, 9.17) is 4.74 Å². The molecule has 1 aliphatic rings. The second kappa shape index (κ2) is 7.51. The average Bonchev–Trinajstić information content (AvgIpc) is 2.67. The van der Waals surface area contributed by atoms with E-state index in [1.807, 2.05) is 38.8 Å². The van der Waals surface area contributed by atoms with Crippen LogP contribution in [0.15, 0.2) is 16.9 Å². The van der Waals surface area contributed by atoms with Gasteiger partial charge in [-0.15, -0.1) is 0 Å². The molecule has 1 aliphatic heterocycles. The van der Waals surface area contributed by atoms with Gasteiger partial charge in [0, 0.05) is 19.1 Å². The number of anilines is 1. The summed E-state index contributed by atoms with van der Waals surface area (Å²) in [6.07, 6.45) is 4.55. The third-order valence-corrected chi connectivity index (χ3v) is 4.60. The lowest BCUT2D eigenvalue weighted by molar-refractivity contribution is 0.0256. The summed E-state index contributed by atoms with van der Waals surface area (Å²) in [4.78, 5) is 18.3. The van der Waals surface area contributed by atoms with Crippen LogP contribution < -0.4 is 5.32 Å². The van der Waals surface area contributed by atoms with Gasteiger partial charge in [-0.2, -0.15) is 0 Å². The van der Waals surface area contributed by atoms with Crippen LogP contribution in [0.5, 0.6) is 0 Å². The summed E-state index contributed by atoms with van der Waals surface area (Å²) in [5.74, 6) is 0. The van der Waals surface area contributed by atoms with Crippen molar-refractivity contribution in [2.45, 2.75) is 58.6 Å². The van der Waals surface area contributed by atoms with Gasteiger partial charge in [-0.05, 0) is 74.5 Å². The largest absolute Gasteiger partial charge is 0.444 e. The molecule has 0 aromatic carbocycles. The number of rotatable bonds is 2. The number of carbonyl (C=O) groups excluding carboxylic acids is 1. The van der Waals surface area contributed by atoms with Gasteiger partial charge in [0.2, 0.25) is 0 Å². The lowest BCUT2D eigenvalue weighted by Crippen LogP contribution is -2.37. The molecular weight excluding hydrogens is 358 g/mol. The number of hydrogen-bond acceptors (Lipinski definition) is 4. The number of pyridine rings is 1. The molecule has 0 bridgehead atoms. The van der Waals surface area contributed by atoms with Gasteiger partial charge in [0.25, 0.3) is 0 Å². The first-order valence-corrected chi connectivity index (χ1v) is 8.90. The number of nitrogens with one attached hydrogen (secondary N) is 1. The summed E-state index contributed by atoms with van der Waals surface area (Å²) in [6.45, 7) is 9.20. The molecule has 1 fully saturated rings. The Hall–Kier alpha value is -1.30. The Morgan fingerprint density at radius 3 is 2.78 bits per heavy atom. The van der Waals surface area contributed by atoms with E-state index in [-0.39, 0.29) is 6.09 Å². The van der Waals surface area contributed by atoms with Crippen LogP contribution in [-0.4, -0.2) is 40.7 Å². The maximum Gasteiger partial charge on any atom is 0.410 e. The van der Waals surface area contributed by atoms with Crippen molar-refractivity contribution in [3.8, 4) is 0 Å². The Balaban J connectivity index is 1.90. The minimum absolute atomic E-state index is 0.209. The van der Waals surface area contributed by atoms with E-state index in [9.17, 15) is 4.79 Å². The third-order valence-electron chi connectivity index (χ3n) is 3.76. The Morgan fingerprint density at radius 1 is 1.39 bits per heavy atom. The van der Waals surface area contributed by atoms with Crippen LogP contribution in [0.2, 0.25) is 0 Å². The van der Waals surface area contributed by atoms with Crippen molar-refractivity contribution >= 4 is 27.7 Å². The molecule has 0 spiro atoms. The molecule has 1 aromatic heterocycles. The number of halogens is 1. The number of amides is 1. The molecule has 0 radical (unpaired) electrons. The predicted molar refractivity (Wildman–Crippen MR) is 95.7 cm³/mol. The molecule has 1 aromatic rings. The van der Waals surface area contributed by atoms with Crippen LogP contribution >= 0.6 is 15.9 Å². The van der Waals surface area contributed by atoms with Crippen molar-refractivity contribution in [3.63, 3.8) is 0 Å². The summed E-state index contributed by atoms with van der Waals surface area (Å²) in [5, 5.41) is 3.53. The summed E-state index contributed by atoms with van der Waals surface area (Å²) < 4.78 is 6.34. The zero-order chi connectivity index (χ0) is 17.0. The van der Waals surface area contributed by atoms with E-state index in [0.29, 0.717) is 6.04 Å². The summed E-state index contributed by atoms with van der Waals surface area (Å²) >= 11 is 3.42. The second-order valence-electron chi connectivity index (χ2n) is 7.07. The highest BCUT2D eigenvalue weighted by Gasteiger charge is 2.25. The fourth-order valence-electron chi connectivity index (χ4n) is 2.62. The molecule has 2 rings (SSSR count). The summed E-state index contributed by atoms with van der Waals surface area (Å²) in [5.41, 5.74) is 1.70. The third kappa shape index (κ3) is 5.68. The lowest BCUT2D eigenvalue weighted by Gasteiger charge is -2.26. The first-order valence-electron chi connectivity index (χ1n) is 8.11. The molecule has 1 atom stereocenters. The van der Waals surface area contributed by atoms with Crippen LogP contribution in [-0.2, 0) is 4.74 Å². The fourth-order valence-corrected chi connectivity index (χ4v) is 2.84. The number of nitrogens with zero attached hydrogens (tertiary/aromatic N) is 2. The fraction of sp³-hybridized carbons (Fsp3) is 0.647. The SMILES string of the molecule is Cc1cc(NC2CCCN(C(=O)OC(C)(C)C)CC2)cnc1Br. The van der Waals surface area contributed by atoms with E-state index in [1.54, 1.807) is 0 Å². The van der Waals surface area contributed by atoms with Gasteiger partial charge in [0.15, 0.2) is 0 Å². The van der Waals surface area contributed by atoms with Gasteiger partial charge in [-0.25, -0.2) is 9.78 Å². The molecule has 1 unspecified atom stereocenters. The van der Waals surface area contributed by atoms with E-state index in [2.05, 4.69) is 32.3 Å². The highest BCUT2D eigenvalue weighted by molar-refractivity contribution is 9.10. The van der Waals surface area contributed by atoms with E-state index in [0.717, 1.165) is 48.2 Å². The average molecular weight is 384 g/mol. The Labute approximate surface area is 146 Å². The monoisotopic (exact) mass is 383 g/mol. The van der Waals surface area contributed by atoms with Crippen molar-refractivity contribution in [1.29, 1.82) is 0 Å². The smallest absolute Gasteiger partial charge is 0.410 e. The van der Waals surface area contributed by atoms with E-state index in [1.165, 1.54) is 0 Å². The molecule has 1 N–H and O–H groups in total. The van der Waals surface area contributed by atoms with Crippen molar-refractivity contribution in [2.24, 2.45) is 0 Å². The van der Waals surface area contributed by atoms with Gasteiger partial charge < -0.3 is 15.0 Å². The van der Waals surface area contributed by atoms with Gasteiger partial charge in [0.05, 0.1) is 11.9 Å². The van der Waals surface area contributed by atoms with Gasteiger partial charge in [0.1, 0.15) is 10.2 Å². The zero-order valence-corrected chi connectivity index (χ0v) is 15.9. The van der Waals surface area contributed by atoms with Crippen molar-refractivity contribution in [1.82, 2.24) is 9.88 Å². The normalized spacial score (nSPS) is 19.2. The maximum atomic E-state index is 12.2. The number of likely N-dealkylation sites (tertiary alicyclic amines) is 1. The number of aryl methyl sites for hydroxylation is 1. The number of hydrogen-bond donors (Lipinski definition) is 1. The van der Waals surface area contributed by atoms with Crippen molar-refractivity contribution < 1.29 is 9.53 Å². The molecule has 1 saturated heterocycles. The standard InChI is InChI=1S/C17H26BrN3O2/c1-12-10-14(11-19-15(12)18)20-13-6-5-8-21(9-7-13)16(22)23-17(2,3)4/h10-11,13,20H,5-9H2,1-4H3. The lowest BCUT2D eigenvalue weighted by atomic mass is 10.1. The van der Waals surface area contributed by atoms with Gasteiger partial charge in [-0.3, -0.25) is 0 Å². The van der Waals surface area contributed by atoms with Gasteiger partial charge >= 0.3 is 6.09 Å². The van der Waals surface area contributed by atoms with Crippen molar-refractivity contribution in [2.75, 3.05) is 18.4 Å². The van der Waals surface area contributed by atoms with E-state index >= 15 is 0 Å². The van der Waals surface area contributed by atoms with Crippen LogP contribution in [0.3, 0.4) is 0 Å². The minimum atomic E-state index is -0.443.